The van der Waals surface area contributed by atoms with E-state index in [4.69, 9.17) is 87.3 Å². The summed E-state index contributed by atoms with van der Waals surface area (Å²) in [5.41, 5.74) is -18.2. The topological polar surface area (TPSA) is 39.4 Å². The molecular formula is C130H80O3. The van der Waals surface area contributed by atoms with Crippen molar-refractivity contribution in [3.05, 3.63) is 483 Å². The highest BCUT2D eigenvalue weighted by molar-refractivity contribution is 6.31. The second-order valence-electron chi connectivity index (χ2n) is 28.8. The lowest BCUT2D eigenvalue weighted by Crippen LogP contribution is -1.93. The van der Waals surface area contributed by atoms with Gasteiger partial charge >= 0.3 is 0 Å². The van der Waals surface area contributed by atoms with Crippen molar-refractivity contribution in [1.82, 2.24) is 0 Å². The molecule has 0 saturated heterocycles. The Labute approximate surface area is 879 Å². The van der Waals surface area contributed by atoms with E-state index in [1.54, 1.807) is 0 Å². The van der Waals surface area contributed by atoms with E-state index in [0.29, 0.717) is 0 Å². The molecular weight excluding hydrogens is 1610 g/mol. The van der Waals surface area contributed by atoms with Crippen molar-refractivity contribution in [2.75, 3.05) is 0 Å². The number of hydrogen-bond donors (Lipinski definition) is 0. The van der Waals surface area contributed by atoms with Crippen molar-refractivity contribution >= 4 is 174 Å². The number of fused-ring (bicyclic) bond motifs is 19. The molecule has 618 valence electrons. The lowest BCUT2D eigenvalue weighted by atomic mass is 9.83. The Kier molecular flexibility index (Phi) is 7.44. The third-order valence-electron chi connectivity index (χ3n) is 21.7. The first kappa shape index (κ1) is 31.1. The summed E-state index contributed by atoms with van der Waals surface area (Å²) in [5.74, 6) is 0. The molecule has 0 aliphatic heterocycles. The molecule has 133 heavy (non-hydrogen) atoms. The molecule has 0 saturated carbocycles. The molecule has 3 heterocycles. The summed E-state index contributed by atoms with van der Waals surface area (Å²) >= 11 is 0. The van der Waals surface area contributed by atoms with Crippen LogP contribution in [0.25, 0.3) is 274 Å². The van der Waals surface area contributed by atoms with E-state index in [2.05, 4.69) is 0 Å². The van der Waals surface area contributed by atoms with Crippen molar-refractivity contribution in [3.8, 4) is 100 Å². The molecule has 3 aromatic heterocycles. The van der Waals surface area contributed by atoms with Crippen molar-refractivity contribution in [1.29, 1.82) is 0 Å². The molecule has 0 atom stereocenters. The van der Waals surface area contributed by atoms with Crippen LogP contribution in [0, 0.1) is 0 Å². The first-order chi connectivity index (χ1) is 99.3. The van der Waals surface area contributed by atoms with E-state index < -0.39 is 757 Å². The van der Waals surface area contributed by atoms with Gasteiger partial charge in [0, 0.05) is 32.3 Å². The summed E-state index contributed by atoms with van der Waals surface area (Å²) in [6.45, 7) is 0. The van der Waals surface area contributed by atoms with Gasteiger partial charge in [-0.05, 0) is 292 Å². The summed E-state index contributed by atoms with van der Waals surface area (Å²) in [5, 5.41) is -16.6. The van der Waals surface area contributed by atoms with E-state index in [1.807, 2.05) is 0 Å². The highest BCUT2D eigenvalue weighted by Crippen LogP contribution is 2.54. The Bertz CT molecular complexity index is 14400. The van der Waals surface area contributed by atoms with Crippen LogP contribution in [0.2, 0.25) is 0 Å². The van der Waals surface area contributed by atoms with Gasteiger partial charge in [0.15, 0.2) is 0 Å². The lowest BCUT2D eigenvalue weighted by Gasteiger charge is -2.20. The highest BCUT2D eigenvalue weighted by Gasteiger charge is 2.27. The Morgan fingerprint density at radius 3 is 0.654 bits per heavy atom. The SMILES string of the molecule is [2H]c1c([2H])c([2H])c(-c2c([2H])c(-c3c([2H])c([2H])c([2H])c([2H])c3[2H])c([2H])c(-c3c4c([2H])c([2H])c([2H])c([2H])c4c(-c4c([2H])c([2H])c([2H])c5oc6c([2H])c7c([2H])c([2H])c([2H])c([2H])c7c([2H])c6c45)c4c([2H])c([2H])c([2H])c([2H])c34)c2[2H])c([2H])c1[2H].[2H]c1c([2H])c([2H])c(-c2c([2H])c(-c3c4c([2H])c([2H])c([2H])c([2H])c4c(-c4c([2H])c([2H])c([2H])c5oc6c([2H])c7c([2H])c([2H])c([2H])c([2H])c7c([2H])c6c45)c4c([2H])c([2H])c([2H])c([2H])c34)c3c([2H])c([2H])c([2H])c([2H])c3c2[2H])c([2H])c1[2H].[2H]c1c([2H])c([2H])c(-c2c3c([2H])c([2H])c([2H])c([2H])c3c(-c3c([2H])c([2H])c([2H])c4oc5c([2H])c6c([2H])c([2H])c([2H])c([2H])c6c([2H])c5c34)c3c([2H])c([2H])c([2H])c([2H])c23)c([2H])c1[2H]. The molecule has 28 aromatic rings. The second kappa shape index (κ2) is 31.8. The predicted molar refractivity (Wildman–Crippen MR) is 565 cm³/mol. The lowest BCUT2D eigenvalue weighted by molar-refractivity contribution is 0.669. The van der Waals surface area contributed by atoms with Crippen LogP contribution in [0.15, 0.2) is 497 Å². The Balaban J connectivity index is 0.000000149. The minimum atomic E-state index is -1.19. The average Bonchev–Trinajstić information content (AvgIpc) is 1.67. The molecule has 25 aromatic carbocycles. The summed E-state index contributed by atoms with van der Waals surface area (Å²) in [4.78, 5) is 0. The van der Waals surface area contributed by atoms with Crippen molar-refractivity contribution in [2.24, 2.45) is 0 Å². The largest absolute Gasteiger partial charge is 0.456 e. The first-order valence-electron chi connectivity index (χ1n) is 79.2. The molecule has 0 amide bonds. The second-order valence-corrected chi connectivity index (χ2v) is 28.8. The van der Waals surface area contributed by atoms with Crippen LogP contribution in [0.4, 0.5) is 0 Å². The van der Waals surface area contributed by atoms with Gasteiger partial charge in [-0.15, -0.1) is 0 Å². The fraction of sp³-hybridized carbons (Fsp3) is 0. The standard InChI is InChI=1S/C48H30O.C46H28O.C36H22O/c1-3-14-31(15-4-1)35-26-36(32-16-5-2-6-17-32)28-37(27-35)46-38-20-9-11-22-40(38)47(41-23-12-10-21-39(41)46)42-24-13-25-44-48(42)43-29-33-18-7-8-19-34(33)30-45(43)49-44;1-2-13-29(14-3-1)33-25-32-17-6-7-18-34(32)40(27-33)45-37-21-10-8-19-35(37)44(36-20-9-11-22-38(36)45)39-23-12-24-42-46(39)41-26-30-15-4-5-16-31(30)28-43(41)47-42;1-2-11-23(12-3-1)34-26-15-6-8-17-28(26)35(29-18-9-7-16-27(29)34)30-19-10-20-32-36(30)31-21-24-13-4-5-14-25(24)22-33(31)37-32/h1-30H;1-28H;1-22H/i1D,2D,3D,4D,5D,6D,7D,8D,9D,10D,11D,12D,13D,14D,15D,16D,17D,18D,19D,20D,21D,22D,23D,24D,25D,26D,27D,28D,29D,30D;1D,2D,3D,4D,5D,6D,7D,8D,9D,10D,11D,12D,13D,14D,15D,16D,17D,18D,19D,20D,21D,22D,23D,24D,25D,26D,27D,28D;1D,2D,3D,4D,5D,6D,7D,8D,9D,10D,11D,12D,13D,14D,15D,16D,17D,18D,19D,20D,21D,22D. The molecule has 0 bridgehead atoms. The third-order valence-corrected chi connectivity index (χ3v) is 21.7. The molecule has 0 unspecified atom stereocenters. The highest BCUT2D eigenvalue weighted by atomic mass is 16.3. The zero-order valence-electron chi connectivity index (χ0n) is 146. The fourth-order valence-electron chi connectivity index (χ4n) is 16.3. The van der Waals surface area contributed by atoms with E-state index in [0.717, 1.165) is 0 Å². The summed E-state index contributed by atoms with van der Waals surface area (Å²) in [6.07, 6.45) is 0. The zero-order valence-corrected chi connectivity index (χ0v) is 66.2. The van der Waals surface area contributed by atoms with Gasteiger partial charge in [-0.25, -0.2) is 0 Å². The Morgan fingerprint density at radius 1 is 0.120 bits per heavy atom. The van der Waals surface area contributed by atoms with Crippen molar-refractivity contribution < 1.29 is 123 Å². The van der Waals surface area contributed by atoms with E-state index >= 15 is 0 Å². The van der Waals surface area contributed by atoms with Crippen LogP contribution in [-0.2, 0) is 0 Å². The van der Waals surface area contributed by atoms with Crippen LogP contribution in [-0.4, -0.2) is 0 Å². The molecule has 0 N–H and O–H groups in total. The predicted octanol–water partition coefficient (Wildman–Crippen LogP) is 37.3. The van der Waals surface area contributed by atoms with Crippen LogP contribution in [0.3, 0.4) is 0 Å². The number of rotatable bonds is 9. The molecule has 0 aliphatic rings. The molecule has 3 nitrogen and oxygen atoms in total. The van der Waals surface area contributed by atoms with Gasteiger partial charge in [0.05, 0.1) is 110 Å². The maximum atomic E-state index is 9.99. The van der Waals surface area contributed by atoms with Gasteiger partial charge < -0.3 is 13.3 Å². The smallest absolute Gasteiger partial charge is 0.136 e. The number of hydrogen-bond acceptors (Lipinski definition) is 3. The minimum Gasteiger partial charge on any atom is -0.456 e. The van der Waals surface area contributed by atoms with Gasteiger partial charge in [-0.3, -0.25) is 0 Å². The molecule has 0 radical (unpaired) electrons. The minimum absolute atomic E-state index is 0.431. The molecule has 3 heteroatoms. The maximum absolute atomic E-state index is 9.99. The Morgan fingerprint density at radius 2 is 0.346 bits per heavy atom. The monoisotopic (exact) mass is 1770 g/mol. The fourth-order valence-corrected chi connectivity index (χ4v) is 16.3. The van der Waals surface area contributed by atoms with Gasteiger partial charge in [-0.2, -0.15) is 0 Å². The maximum Gasteiger partial charge on any atom is 0.136 e. The van der Waals surface area contributed by atoms with E-state index in [9.17, 15) is 35.6 Å². The molecule has 0 spiro atoms. The van der Waals surface area contributed by atoms with Gasteiger partial charge in [-0.1, -0.05) is 399 Å². The van der Waals surface area contributed by atoms with Gasteiger partial charge in [0.2, 0.25) is 0 Å². The average molecular weight is 1770 g/mol. The van der Waals surface area contributed by atoms with Crippen molar-refractivity contribution in [2.45, 2.75) is 0 Å². The zero-order chi connectivity index (χ0) is 157. The van der Waals surface area contributed by atoms with Crippen molar-refractivity contribution in [3.63, 3.8) is 0 Å². The van der Waals surface area contributed by atoms with Crippen LogP contribution >= 0.6 is 0 Å². The summed E-state index contributed by atoms with van der Waals surface area (Å²) in [7, 11) is 0. The first-order valence-corrected chi connectivity index (χ1v) is 39.2. The van der Waals surface area contributed by atoms with Crippen LogP contribution < -0.4 is 0 Å². The summed E-state index contributed by atoms with van der Waals surface area (Å²) < 4.78 is 737. The van der Waals surface area contributed by atoms with E-state index in [-0.39, 0.29) is 0 Å². The third kappa shape index (κ3) is 13.0. The summed E-state index contributed by atoms with van der Waals surface area (Å²) in [6, 6.07) is -75.0. The molecule has 0 fully saturated rings. The Hall–Kier alpha value is -17.5. The van der Waals surface area contributed by atoms with Crippen LogP contribution in [0.1, 0.15) is 110 Å². The van der Waals surface area contributed by atoms with Gasteiger partial charge in [0.1, 0.15) is 33.5 Å². The van der Waals surface area contributed by atoms with Gasteiger partial charge in [0.25, 0.3) is 0 Å². The molecule has 28 rings (SSSR count). The number of furan rings is 3. The van der Waals surface area contributed by atoms with E-state index in [1.165, 1.54) is 0 Å². The normalized spacial score (nSPS) is 20.2. The van der Waals surface area contributed by atoms with Crippen LogP contribution in [0.5, 0.6) is 0 Å². The number of benzene rings is 25. The quantitative estimate of drug-likeness (QED) is 0.135. The molecule has 0 aliphatic carbocycles.